The highest BCUT2D eigenvalue weighted by molar-refractivity contribution is 6.30. The summed E-state index contributed by atoms with van der Waals surface area (Å²) in [5.41, 5.74) is 6.03. The van der Waals surface area contributed by atoms with E-state index in [9.17, 15) is 0 Å². The van der Waals surface area contributed by atoms with Crippen LogP contribution in [0.15, 0.2) is 23.4 Å². The highest BCUT2D eigenvalue weighted by atomic mass is 35.5. The summed E-state index contributed by atoms with van der Waals surface area (Å²) in [4.78, 5) is 0. The zero-order valence-electron chi connectivity index (χ0n) is 9.68. The SMILES string of the molecule is COCC(C)Oc1cc(Cl)ccc1C(N)=NO. The Kier molecular flexibility index (Phi) is 5.06. The van der Waals surface area contributed by atoms with Gasteiger partial charge in [-0.25, -0.2) is 0 Å². The van der Waals surface area contributed by atoms with E-state index in [1.807, 2.05) is 6.92 Å². The van der Waals surface area contributed by atoms with Gasteiger partial charge in [-0.1, -0.05) is 16.8 Å². The summed E-state index contributed by atoms with van der Waals surface area (Å²) in [6.07, 6.45) is -0.163. The first kappa shape index (κ1) is 13.6. The van der Waals surface area contributed by atoms with Gasteiger partial charge in [-0.2, -0.15) is 0 Å². The Labute approximate surface area is 105 Å². The molecule has 0 aromatic heterocycles. The van der Waals surface area contributed by atoms with E-state index in [1.54, 1.807) is 25.3 Å². The van der Waals surface area contributed by atoms with Crippen LogP contribution in [0.25, 0.3) is 0 Å². The molecule has 1 unspecified atom stereocenters. The van der Waals surface area contributed by atoms with E-state index in [1.165, 1.54) is 0 Å². The summed E-state index contributed by atoms with van der Waals surface area (Å²) in [5, 5.41) is 12.1. The number of methoxy groups -OCH3 is 1. The van der Waals surface area contributed by atoms with E-state index in [0.717, 1.165) is 0 Å². The highest BCUT2D eigenvalue weighted by Gasteiger charge is 2.12. The minimum atomic E-state index is -0.163. The second-order valence-electron chi connectivity index (χ2n) is 3.51. The number of amidine groups is 1. The van der Waals surface area contributed by atoms with Gasteiger partial charge in [0.2, 0.25) is 0 Å². The molecule has 1 aromatic rings. The molecule has 0 bridgehead atoms. The number of hydrogen-bond donors (Lipinski definition) is 2. The van der Waals surface area contributed by atoms with Crippen molar-refractivity contribution >= 4 is 17.4 Å². The molecule has 0 amide bonds. The number of ether oxygens (including phenoxy) is 2. The standard InChI is InChI=1S/C11H15ClN2O3/c1-7(6-16-2)17-10-5-8(12)3-4-9(10)11(13)14-15/h3-5,7,15H,6H2,1-2H3,(H2,13,14). The van der Waals surface area contributed by atoms with Crippen molar-refractivity contribution in [1.29, 1.82) is 0 Å². The number of halogens is 1. The highest BCUT2D eigenvalue weighted by Crippen LogP contribution is 2.24. The van der Waals surface area contributed by atoms with Crippen LogP contribution in [0, 0.1) is 0 Å². The van der Waals surface area contributed by atoms with Crippen LogP contribution in [0.4, 0.5) is 0 Å². The minimum absolute atomic E-state index is 0.0266. The van der Waals surface area contributed by atoms with Crippen LogP contribution in [0.5, 0.6) is 5.75 Å². The van der Waals surface area contributed by atoms with Gasteiger partial charge >= 0.3 is 0 Å². The van der Waals surface area contributed by atoms with E-state index >= 15 is 0 Å². The first-order valence-electron chi connectivity index (χ1n) is 5.01. The summed E-state index contributed by atoms with van der Waals surface area (Å²) < 4.78 is 10.6. The molecular weight excluding hydrogens is 244 g/mol. The molecule has 6 heteroatoms. The number of rotatable bonds is 5. The van der Waals surface area contributed by atoms with Crippen molar-refractivity contribution in [2.45, 2.75) is 13.0 Å². The molecule has 1 rings (SSSR count). The lowest BCUT2D eigenvalue weighted by Crippen LogP contribution is -2.21. The summed E-state index contributed by atoms with van der Waals surface area (Å²) in [6.45, 7) is 2.28. The second kappa shape index (κ2) is 6.32. The maximum absolute atomic E-state index is 8.67. The molecule has 0 heterocycles. The molecule has 94 valence electrons. The van der Waals surface area contributed by atoms with Gasteiger partial charge in [0.05, 0.1) is 12.2 Å². The smallest absolute Gasteiger partial charge is 0.173 e. The zero-order valence-corrected chi connectivity index (χ0v) is 10.4. The van der Waals surface area contributed by atoms with Crippen molar-refractivity contribution in [1.82, 2.24) is 0 Å². The largest absolute Gasteiger partial charge is 0.487 e. The lowest BCUT2D eigenvalue weighted by Gasteiger charge is -2.16. The fourth-order valence-corrected chi connectivity index (χ4v) is 1.51. The predicted molar refractivity (Wildman–Crippen MR) is 65.9 cm³/mol. The van der Waals surface area contributed by atoms with Crippen molar-refractivity contribution in [2.24, 2.45) is 10.9 Å². The molecule has 5 nitrogen and oxygen atoms in total. The molecule has 0 fully saturated rings. The summed E-state index contributed by atoms with van der Waals surface area (Å²) >= 11 is 5.87. The molecule has 0 radical (unpaired) electrons. The number of nitrogens with two attached hydrogens (primary N) is 1. The minimum Gasteiger partial charge on any atom is -0.487 e. The molecule has 3 N–H and O–H groups in total. The normalized spacial score (nSPS) is 13.5. The van der Waals surface area contributed by atoms with Crippen LogP contribution in [-0.2, 0) is 4.74 Å². The van der Waals surface area contributed by atoms with E-state index in [2.05, 4.69) is 5.16 Å². The molecule has 0 aliphatic rings. The summed E-state index contributed by atoms with van der Waals surface area (Å²) in [6, 6.07) is 4.89. The maximum atomic E-state index is 8.67. The molecule has 0 saturated carbocycles. The lowest BCUT2D eigenvalue weighted by molar-refractivity contribution is 0.0919. The number of nitrogens with zero attached hydrogens (tertiary/aromatic N) is 1. The number of benzene rings is 1. The van der Waals surface area contributed by atoms with Crippen LogP contribution >= 0.6 is 11.6 Å². The molecule has 0 saturated heterocycles. The molecule has 1 aromatic carbocycles. The monoisotopic (exact) mass is 258 g/mol. The third kappa shape index (κ3) is 3.80. The Morgan fingerprint density at radius 2 is 2.29 bits per heavy atom. The van der Waals surface area contributed by atoms with E-state index in [-0.39, 0.29) is 11.9 Å². The van der Waals surface area contributed by atoms with Gasteiger partial charge < -0.3 is 20.4 Å². The molecule has 17 heavy (non-hydrogen) atoms. The van der Waals surface area contributed by atoms with Crippen molar-refractivity contribution in [3.63, 3.8) is 0 Å². The Morgan fingerprint density at radius 1 is 1.59 bits per heavy atom. The van der Waals surface area contributed by atoms with Gasteiger partial charge in [-0.3, -0.25) is 0 Å². The maximum Gasteiger partial charge on any atom is 0.173 e. The fraction of sp³-hybridized carbons (Fsp3) is 0.364. The second-order valence-corrected chi connectivity index (χ2v) is 3.95. The average molecular weight is 259 g/mol. The van der Waals surface area contributed by atoms with E-state index in [0.29, 0.717) is 22.9 Å². The number of oxime groups is 1. The van der Waals surface area contributed by atoms with Crippen LogP contribution < -0.4 is 10.5 Å². The third-order valence-corrected chi connectivity index (χ3v) is 2.29. The van der Waals surface area contributed by atoms with Gasteiger partial charge in [0.25, 0.3) is 0 Å². The van der Waals surface area contributed by atoms with Crippen LogP contribution in [0.3, 0.4) is 0 Å². The number of hydrogen-bond acceptors (Lipinski definition) is 4. The molecule has 1 atom stereocenters. The Morgan fingerprint density at radius 3 is 2.88 bits per heavy atom. The lowest BCUT2D eigenvalue weighted by atomic mass is 10.2. The van der Waals surface area contributed by atoms with Crippen molar-refractivity contribution in [2.75, 3.05) is 13.7 Å². The molecule has 0 aliphatic heterocycles. The van der Waals surface area contributed by atoms with Crippen molar-refractivity contribution < 1.29 is 14.7 Å². The summed E-state index contributed by atoms with van der Waals surface area (Å²) in [5.74, 6) is 0.429. The molecule has 0 aliphatic carbocycles. The van der Waals surface area contributed by atoms with Gasteiger partial charge in [0.1, 0.15) is 11.9 Å². The van der Waals surface area contributed by atoms with Gasteiger partial charge in [-0.15, -0.1) is 0 Å². The Bertz CT molecular complexity index is 410. The fourth-order valence-electron chi connectivity index (χ4n) is 1.34. The first-order chi connectivity index (χ1) is 8.08. The van der Waals surface area contributed by atoms with Crippen molar-refractivity contribution in [3.8, 4) is 5.75 Å². The van der Waals surface area contributed by atoms with Crippen molar-refractivity contribution in [3.05, 3.63) is 28.8 Å². The van der Waals surface area contributed by atoms with Gasteiger partial charge in [-0.05, 0) is 25.1 Å². The van der Waals surface area contributed by atoms with Crippen LogP contribution in [-0.4, -0.2) is 30.9 Å². The van der Waals surface area contributed by atoms with Gasteiger partial charge in [0, 0.05) is 12.1 Å². The Hall–Kier alpha value is -1.46. The zero-order chi connectivity index (χ0) is 12.8. The third-order valence-electron chi connectivity index (χ3n) is 2.06. The predicted octanol–water partition coefficient (Wildman–Crippen LogP) is 1.85. The molecular formula is C11H15ClN2O3. The quantitative estimate of drug-likeness (QED) is 0.366. The molecule has 0 spiro atoms. The Balaban J connectivity index is 2.99. The van der Waals surface area contributed by atoms with Crippen LogP contribution in [0.2, 0.25) is 5.02 Å². The summed E-state index contributed by atoms with van der Waals surface area (Å²) in [7, 11) is 1.59. The van der Waals surface area contributed by atoms with Gasteiger partial charge in [0.15, 0.2) is 5.84 Å². The van der Waals surface area contributed by atoms with E-state index in [4.69, 9.17) is 32.0 Å². The van der Waals surface area contributed by atoms with E-state index < -0.39 is 0 Å². The van der Waals surface area contributed by atoms with Crippen LogP contribution in [0.1, 0.15) is 12.5 Å². The topological polar surface area (TPSA) is 77.1 Å². The first-order valence-corrected chi connectivity index (χ1v) is 5.39. The average Bonchev–Trinajstić information content (AvgIpc) is 2.28.